The summed E-state index contributed by atoms with van der Waals surface area (Å²) in [6.07, 6.45) is 0. The Hall–Kier alpha value is -2.52. The van der Waals surface area contributed by atoms with Gasteiger partial charge in [-0.3, -0.25) is 8.51 Å². The van der Waals surface area contributed by atoms with Crippen molar-refractivity contribution in [2.45, 2.75) is 33.3 Å². The zero-order chi connectivity index (χ0) is 23.0. The molecule has 0 spiro atoms. The molecule has 4 rings (SSSR count). The predicted molar refractivity (Wildman–Crippen MR) is 133 cm³/mol. The first-order valence-electron chi connectivity index (χ1n) is 9.95. The highest BCUT2D eigenvalue weighted by atomic mass is 32.2. The Balaban J connectivity index is 1.90. The fraction of sp³-hybridized carbons (Fsp3) is 0.208. The van der Waals surface area contributed by atoms with Crippen molar-refractivity contribution >= 4 is 61.4 Å². The topological polar surface area (TPSA) is 69.7 Å². The van der Waals surface area contributed by atoms with Crippen LogP contribution in [-0.2, 0) is 16.0 Å². The highest BCUT2D eigenvalue weighted by molar-refractivity contribution is 7.81. The van der Waals surface area contributed by atoms with Gasteiger partial charge in [-0.2, -0.15) is 0 Å². The molecule has 0 aliphatic carbocycles. The van der Waals surface area contributed by atoms with Gasteiger partial charge >= 0.3 is 5.97 Å². The first-order valence-corrected chi connectivity index (χ1v) is 12.6. The maximum atomic E-state index is 13.1. The molecule has 8 heteroatoms. The number of esters is 1. The van der Waals surface area contributed by atoms with Gasteiger partial charge in [-0.15, -0.1) is 22.7 Å². The van der Waals surface area contributed by atoms with E-state index in [0.29, 0.717) is 11.4 Å². The lowest BCUT2D eigenvalue weighted by molar-refractivity contribution is 0.00762. The third-order valence-corrected chi connectivity index (χ3v) is 7.77. The number of carbonyl (C=O) groups is 1. The summed E-state index contributed by atoms with van der Waals surface area (Å²) >= 11 is 0.208. The largest absolute Gasteiger partial charge is 0.755 e. The van der Waals surface area contributed by atoms with Gasteiger partial charge in [0.05, 0.1) is 22.6 Å². The number of para-hydroxylation sites is 1. The van der Waals surface area contributed by atoms with E-state index >= 15 is 0 Å². The van der Waals surface area contributed by atoms with Crippen LogP contribution in [0, 0.1) is 6.92 Å². The van der Waals surface area contributed by atoms with E-state index in [4.69, 9.17) is 4.74 Å². The van der Waals surface area contributed by atoms with Crippen LogP contribution in [0.15, 0.2) is 60.7 Å². The Morgan fingerprint density at radius 2 is 1.62 bits per heavy atom. The van der Waals surface area contributed by atoms with Gasteiger partial charge in [0.1, 0.15) is 10.5 Å². The van der Waals surface area contributed by atoms with Crippen molar-refractivity contribution in [1.29, 1.82) is 0 Å². The summed E-state index contributed by atoms with van der Waals surface area (Å²) < 4.78 is 32.7. The molecule has 5 nitrogen and oxygen atoms in total. The first-order chi connectivity index (χ1) is 15.1. The van der Waals surface area contributed by atoms with Crippen LogP contribution in [0.1, 0.15) is 36.0 Å². The zero-order valence-corrected chi connectivity index (χ0v) is 20.5. The third-order valence-electron chi connectivity index (χ3n) is 4.67. The molecule has 0 radical (unpaired) electrons. The van der Waals surface area contributed by atoms with Crippen LogP contribution in [0.5, 0.6) is 0 Å². The molecule has 0 saturated heterocycles. The Labute approximate surface area is 197 Å². The fourth-order valence-corrected chi connectivity index (χ4v) is 6.19. The van der Waals surface area contributed by atoms with Gasteiger partial charge in [-0.1, -0.05) is 36.4 Å². The molecule has 32 heavy (non-hydrogen) atoms. The summed E-state index contributed by atoms with van der Waals surface area (Å²) in [4.78, 5) is 15.1. The number of benzene rings is 2. The van der Waals surface area contributed by atoms with Gasteiger partial charge in [0.25, 0.3) is 0 Å². The second-order valence-electron chi connectivity index (χ2n) is 8.27. The molecular weight excluding hydrogens is 462 g/mol. The molecule has 0 aliphatic heterocycles. The molecule has 0 aliphatic rings. The van der Waals surface area contributed by atoms with Gasteiger partial charge in [-0.25, -0.2) is 4.79 Å². The van der Waals surface area contributed by atoms with Crippen molar-refractivity contribution in [2.75, 3.05) is 4.31 Å². The summed E-state index contributed by atoms with van der Waals surface area (Å²) in [6, 6.07) is 19.0. The maximum absolute atomic E-state index is 13.1. The van der Waals surface area contributed by atoms with Crippen LogP contribution in [-0.4, -0.2) is 20.3 Å². The van der Waals surface area contributed by atoms with Crippen molar-refractivity contribution in [3.05, 3.63) is 71.1 Å². The summed E-state index contributed by atoms with van der Waals surface area (Å²) in [6.45, 7) is 7.20. The molecule has 0 N–H and O–H groups in total. The van der Waals surface area contributed by atoms with Gasteiger partial charge in [0, 0.05) is 14.5 Å². The number of hydrogen-bond donors (Lipinski definition) is 0. The second-order valence-corrected chi connectivity index (χ2v) is 11.2. The van der Waals surface area contributed by atoms with Gasteiger partial charge in [0.2, 0.25) is 0 Å². The third kappa shape index (κ3) is 4.63. The van der Waals surface area contributed by atoms with Crippen LogP contribution in [0.25, 0.3) is 19.8 Å². The Morgan fingerprint density at radius 1 is 0.969 bits per heavy atom. The lowest BCUT2D eigenvalue weighted by atomic mass is 10.2. The molecule has 0 amide bonds. The standard InChI is InChI=1S/C24H23NO4S3/c1-15-9-5-7-11-17(15)25(32(27)28)18-14-21(31-22(18)23(26)29-24(2,3)4)20-13-16-10-6-8-12-19(16)30-20/h5-14H,1-4H3,(H,27,28)/p-1. The minimum atomic E-state index is -2.64. The van der Waals surface area contributed by atoms with E-state index in [0.717, 1.165) is 25.4 Å². The lowest BCUT2D eigenvalue weighted by Gasteiger charge is -2.28. The smallest absolute Gasteiger partial charge is 0.351 e. The van der Waals surface area contributed by atoms with Gasteiger partial charge in [-0.05, 0) is 62.9 Å². The number of aryl methyl sites for hydroxylation is 1. The van der Waals surface area contributed by atoms with Crippen molar-refractivity contribution in [2.24, 2.45) is 0 Å². The van der Waals surface area contributed by atoms with Crippen molar-refractivity contribution in [3.8, 4) is 9.75 Å². The highest BCUT2D eigenvalue weighted by Gasteiger charge is 2.28. The second kappa shape index (κ2) is 8.78. The average molecular weight is 485 g/mol. The predicted octanol–water partition coefficient (Wildman–Crippen LogP) is 6.83. The zero-order valence-electron chi connectivity index (χ0n) is 18.1. The number of carbonyl (C=O) groups excluding carboxylic acids is 1. The fourth-order valence-electron chi connectivity index (χ4n) is 3.31. The molecular formula is C24H22NO4S3-. The summed E-state index contributed by atoms with van der Waals surface area (Å²) in [7, 11) is 0. The Kier molecular flexibility index (Phi) is 6.22. The van der Waals surface area contributed by atoms with Gasteiger partial charge in [0.15, 0.2) is 0 Å². The van der Waals surface area contributed by atoms with Crippen molar-refractivity contribution < 1.29 is 18.3 Å². The summed E-state index contributed by atoms with van der Waals surface area (Å²) in [5, 5.41) is 1.10. The monoisotopic (exact) mass is 484 g/mol. The molecule has 2 aromatic carbocycles. The molecule has 166 valence electrons. The van der Waals surface area contributed by atoms with E-state index in [1.54, 1.807) is 50.3 Å². The van der Waals surface area contributed by atoms with Crippen LogP contribution < -0.4 is 4.31 Å². The van der Waals surface area contributed by atoms with Gasteiger partial charge < -0.3 is 9.29 Å². The summed E-state index contributed by atoms with van der Waals surface area (Å²) in [5.74, 6) is -0.547. The summed E-state index contributed by atoms with van der Waals surface area (Å²) in [5.41, 5.74) is 0.854. The van der Waals surface area contributed by atoms with E-state index in [1.807, 2.05) is 43.3 Å². The number of thiophene rings is 2. The SMILES string of the molecule is Cc1ccccc1N(c1cc(-c2cc3ccccc3s2)sc1C(=O)OC(C)(C)C)S(=O)[O-]. The van der Waals surface area contributed by atoms with Crippen LogP contribution in [0.3, 0.4) is 0 Å². The van der Waals surface area contributed by atoms with E-state index in [9.17, 15) is 13.6 Å². The number of ether oxygens (including phenoxy) is 1. The minimum absolute atomic E-state index is 0.250. The van der Waals surface area contributed by atoms with Crippen LogP contribution >= 0.6 is 22.7 Å². The number of fused-ring (bicyclic) bond motifs is 1. The molecule has 0 saturated carbocycles. The number of rotatable bonds is 5. The minimum Gasteiger partial charge on any atom is -0.755 e. The molecule has 4 aromatic rings. The molecule has 1 unspecified atom stereocenters. The van der Waals surface area contributed by atoms with Crippen LogP contribution in [0.4, 0.5) is 11.4 Å². The molecule has 2 heterocycles. The van der Waals surface area contributed by atoms with E-state index in [1.165, 1.54) is 15.6 Å². The molecule has 1 atom stereocenters. The van der Waals surface area contributed by atoms with E-state index < -0.39 is 22.8 Å². The Bertz CT molecular complexity index is 1280. The highest BCUT2D eigenvalue weighted by Crippen LogP contribution is 2.44. The molecule has 0 fully saturated rings. The van der Waals surface area contributed by atoms with E-state index in [2.05, 4.69) is 6.07 Å². The maximum Gasteiger partial charge on any atom is 0.351 e. The normalized spacial score (nSPS) is 12.7. The quantitative estimate of drug-likeness (QED) is 0.230. The van der Waals surface area contributed by atoms with Crippen molar-refractivity contribution in [1.82, 2.24) is 0 Å². The lowest BCUT2D eigenvalue weighted by Crippen LogP contribution is -2.26. The molecule has 2 aromatic heterocycles. The molecule has 0 bridgehead atoms. The number of hydrogen-bond acceptors (Lipinski definition) is 6. The average Bonchev–Trinajstić information content (AvgIpc) is 3.32. The van der Waals surface area contributed by atoms with E-state index in [-0.39, 0.29) is 4.88 Å². The number of nitrogens with zero attached hydrogens (tertiary/aromatic N) is 1. The van der Waals surface area contributed by atoms with Crippen LogP contribution in [0.2, 0.25) is 0 Å². The van der Waals surface area contributed by atoms with Crippen molar-refractivity contribution in [3.63, 3.8) is 0 Å². The Morgan fingerprint density at radius 3 is 2.28 bits per heavy atom. The number of anilines is 2. The first kappa shape index (κ1) is 22.7.